The summed E-state index contributed by atoms with van der Waals surface area (Å²) >= 11 is 7.48. The fourth-order valence-corrected chi connectivity index (χ4v) is 2.23. The Bertz CT molecular complexity index is 453. The van der Waals surface area contributed by atoms with Crippen LogP contribution in [-0.2, 0) is 0 Å². The van der Waals surface area contributed by atoms with Crippen LogP contribution in [0.3, 0.4) is 0 Å². The Hall–Kier alpha value is -1.12. The Morgan fingerprint density at radius 1 is 0.933 bits per heavy atom. The molecule has 0 unspecified atom stereocenters. The maximum atomic E-state index is 5.81. The molecule has 0 amide bonds. The van der Waals surface area contributed by atoms with Crippen molar-refractivity contribution < 1.29 is 0 Å². The fourth-order valence-electron chi connectivity index (χ4n) is 1.22. The van der Waals surface area contributed by atoms with Gasteiger partial charge in [-0.2, -0.15) is 0 Å². The lowest BCUT2D eigenvalue weighted by Crippen LogP contribution is -1.83. The molecule has 0 saturated heterocycles. The average Bonchev–Trinajstić information content (AvgIpc) is 2.22. The summed E-state index contributed by atoms with van der Waals surface area (Å²) in [7, 11) is 0. The largest absolute Gasteiger partial charge is 0.399 e. The molecule has 0 fully saturated rings. The van der Waals surface area contributed by atoms with Crippen LogP contribution in [-0.4, -0.2) is 0 Å². The van der Waals surface area contributed by atoms with Crippen molar-refractivity contribution in [3.63, 3.8) is 0 Å². The summed E-state index contributed by atoms with van der Waals surface area (Å²) in [6.45, 7) is 0. The molecule has 0 aliphatic carbocycles. The van der Waals surface area contributed by atoms with Crippen LogP contribution in [0.1, 0.15) is 0 Å². The molecule has 0 aliphatic heterocycles. The fraction of sp³-hybridized carbons (Fsp3) is 0. The molecule has 0 aliphatic rings. The van der Waals surface area contributed by atoms with Crippen LogP contribution in [0.25, 0.3) is 0 Å². The summed E-state index contributed by atoms with van der Waals surface area (Å²) in [6.07, 6.45) is 0. The predicted molar refractivity (Wildman–Crippen MR) is 66.4 cm³/mol. The quantitative estimate of drug-likeness (QED) is 0.794. The minimum Gasteiger partial charge on any atom is -0.399 e. The highest BCUT2D eigenvalue weighted by Gasteiger charge is 1.97. The van der Waals surface area contributed by atoms with E-state index < -0.39 is 0 Å². The van der Waals surface area contributed by atoms with Crippen LogP contribution in [0.15, 0.2) is 58.3 Å². The molecule has 0 saturated carbocycles. The van der Waals surface area contributed by atoms with E-state index in [9.17, 15) is 0 Å². The zero-order valence-electron chi connectivity index (χ0n) is 7.98. The first-order chi connectivity index (χ1) is 7.24. The van der Waals surface area contributed by atoms with Crippen molar-refractivity contribution >= 4 is 29.1 Å². The molecule has 0 heterocycles. The third-order valence-electron chi connectivity index (χ3n) is 1.91. The summed E-state index contributed by atoms with van der Waals surface area (Å²) in [6, 6.07) is 15.6. The molecular formula is C12H10ClNS. The molecule has 2 rings (SSSR count). The van der Waals surface area contributed by atoms with E-state index in [1.165, 1.54) is 0 Å². The number of halogens is 1. The monoisotopic (exact) mass is 235 g/mol. The van der Waals surface area contributed by atoms with E-state index in [4.69, 9.17) is 17.3 Å². The minimum absolute atomic E-state index is 0.756. The molecule has 1 nitrogen and oxygen atoms in total. The van der Waals surface area contributed by atoms with Crippen LogP contribution in [0, 0.1) is 0 Å². The highest BCUT2D eigenvalue weighted by atomic mass is 35.5. The second kappa shape index (κ2) is 4.60. The molecule has 15 heavy (non-hydrogen) atoms. The maximum Gasteiger partial charge on any atom is 0.0406 e. The van der Waals surface area contributed by atoms with Crippen molar-refractivity contribution in [2.24, 2.45) is 0 Å². The first kappa shape index (κ1) is 10.4. The highest BCUT2D eigenvalue weighted by Crippen LogP contribution is 2.29. The SMILES string of the molecule is Nc1cccc(Sc2ccc(Cl)cc2)c1. The predicted octanol–water partition coefficient (Wildman–Crippen LogP) is 4.07. The molecule has 76 valence electrons. The topological polar surface area (TPSA) is 26.0 Å². The van der Waals surface area contributed by atoms with Crippen LogP contribution in [0.2, 0.25) is 5.02 Å². The van der Waals surface area contributed by atoms with Crippen molar-refractivity contribution in [2.75, 3.05) is 5.73 Å². The van der Waals surface area contributed by atoms with Gasteiger partial charge in [-0.05, 0) is 42.5 Å². The lowest BCUT2D eigenvalue weighted by atomic mass is 10.3. The standard InChI is InChI=1S/C12H10ClNS/c13-9-4-6-11(7-5-9)15-12-3-1-2-10(14)8-12/h1-8H,14H2. The van der Waals surface area contributed by atoms with Gasteiger partial charge in [-0.3, -0.25) is 0 Å². The molecule has 0 radical (unpaired) electrons. The molecule has 3 heteroatoms. The van der Waals surface area contributed by atoms with Gasteiger partial charge in [0.1, 0.15) is 0 Å². The molecule has 2 N–H and O–H groups in total. The van der Waals surface area contributed by atoms with Crippen LogP contribution < -0.4 is 5.73 Å². The van der Waals surface area contributed by atoms with Crippen molar-refractivity contribution in [3.8, 4) is 0 Å². The molecular weight excluding hydrogens is 226 g/mol. The van der Waals surface area contributed by atoms with Gasteiger partial charge in [-0.15, -0.1) is 0 Å². The lowest BCUT2D eigenvalue weighted by molar-refractivity contribution is 1.41. The van der Waals surface area contributed by atoms with E-state index in [0.717, 1.165) is 20.5 Å². The third-order valence-corrected chi connectivity index (χ3v) is 3.16. The van der Waals surface area contributed by atoms with E-state index in [-0.39, 0.29) is 0 Å². The van der Waals surface area contributed by atoms with Gasteiger partial charge in [-0.1, -0.05) is 29.4 Å². The van der Waals surface area contributed by atoms with Gasteiger partial charge in [0.25, 0.3) is 0 Å². The van der Waals surface area contributed by atoms with Crippen molar-refractivity contribution in [1.29, 1.82) is 0 Å². The summed E-state index contributed by atoms with van der Waals surface area (Å²) in [5, 5.41) is 0.756. The smallest absolute Gasteiger partial charge is 0.0406 e. The summed E-state index contributed by atoms with van der Waals surface area (Å²) in [5.74, 6) is 0. The average molecular weight is 236 g/mol. The molecule has 0 atom stereocenters. The third kappa shape index (κ3) is 2.91. The number of hydrogen-bond acceptors (Lipinski definition) is 2. The molecule has 0 aromatic heterocycles. The lowest BCUT2D eigenvalue weighted by Gasteiger charge is -2.02. The second-order valence-corrected chi connectivity index (χ2v) is 4.71. The van der Waals surface area contributed by atoms with E-state index >= 15 is 0 Å². The zero-order chi connectivity index (χ0) is 10.7. The van der Waals surface area contributed by atoms with Gasteiger partial charge in [-0.25, -0.2) is 0 Å². The summed E-state index contributed by atoms with van der Waals surface area (Å²) in [5.41, 5.74) is 6.49. The van der Waals surface area contributed by atoms with E-state index in [0.29, 0.717) is 0 Å². The van der Waals surface area contributed by atoms with Crippen molar-refractivity contribution in [2.45, 2.75) is 9.79 Å². The van der Waals surface area contributed by atoms with Gasteiger partial charge in [0.05, 0.1) is 0 Å². The number of nitrogen functional groups attached to an aromatic ring is 1. The van der Waals surface area contributed by atoms with Gasteiger partial charge in [0.15, 0.2) is 0 Å². The van der Waals surface area contributed by atoms with Crippen LogP contribution in [0.4, 0.5) is 5.69 Å². The Morgan fingerprint density at radius 2 is 1.67 bits per heavy atom. The number of nitrogens with two attached hydrogens (primary N) is 1. The van der Waals surface area contributed by atoms with Gasteiger partial charge >= 0.3 is 0 Å². The molecule has 0 bridgehead atoms. The van der Waals surface area contributed by atoms with Crippen molar-refractivity contribution in [1.82, 2.24) is 0 Å². The Morgan fingerprint density at radius 3 is 2.33 bits per heavy atom. The van der Waals surface area contributed by atoms with Gasteiger partial charge in [0.2, 0.25) is 0 Å². The molecule has 2 aromatic carbocycles. The summed E-state index contributed by atoms with van der Waals surface area (Å²) in [4.78, 5) is 2.29. The van der Waals surface area contributed by atoms with Gasteiger partial charge < -0.3 is 5.73 Å². The minimum atomic E-state index is 0.756. The second-order valence-electron chi connectivity index (χ2n) is 3.13. The van der Waals surface area contributed by atoms with E-state index in [1.54, 1.807) is 11.8 Å². The van der Waals surface area contributed by atoms with Crippen LogP contribution in [0.5, 0.6) is 0 Å². The normalized spacial score (nSPS) is 10.2. The summed E-state index contributed by atoms with van der Waals surface area (Å²) < 4.78 is 0. The number of hydrogen-bond donors (Lipinski definition) is 1. The molecule has 0 spiro atoms. The highest BCUT2D eigenvalue weighted by molar-refractivity contribution is 7.99. The van der Waals surface area contributed by atoms with Crippen LogP contribution >= 0.6 is 23.4 Å². The Labute approximate surface area is 98.3 Å². The van der Waals surface area contributed by atoms with Gasteiger partial charge in [0, 0.05) is 20.5 Å². The first-order valence-corrected chi connectivity index (χ1v) is 5.72. The Kier molecular flexibility index (Phi) is 3.19. The van der Waals surface area contributed by atoms with E-state index in [1.807, 2.05) is 48.5 Å². The zero-order valence-corrected chi connectivity index (χ0v) is 9.55. The molecule has 2 aromatic rings. The van der Waals surface area contributed by atoms with E-state index in [2.05, 4.69) is 0 Å². The number of rotatable bonds is 2. The van der Waals surface area contributed by atoms with Crippen molar-refractivity contribution in [3.05, 3.63) is 53.6 Å². The first-order valence-electron chi connectivity index (χ1n) is 4.53. The Balaban J connectivity index is 2.18. The maximum absolute atomic E-state index is 5.81. The number of benzene rings is 2. The number of anilines is 1.